The van der Waals surface area contributed by atoms with E-state index < -0.39 is 38.7 Å². The fraction of sp³-hybridized carbons (Fsp3) is 0.259. The third kappa shape index (κ3) is 5.48. The highest BCUT2D eigenvalue weighted by Crippen LogP contribution is 2.40. The molecule has 2 aliphatic rings. The van der Waals surface area contributed by atoms with Crippen LogP contribution >= 0.6 is 0 Å². The summed E-state index contributed by atoms with van der Waals surface area (Å²) in [4.78, 5) is 26.4. The van der Waals surface area contributed by atoms with Crippen molar-refractivity contribution < 1.29 is 40.5 Å². The average Bonchev–Trinajstić information content (AvgIpc) is 2.88. The number of carbonyl (C=O) groups excluding carboxylic acids is 2. The molecule has 3 N–H and O–H groups in total. The number of carbonyl (C=O) groups is 2. The molecule has 1 saturated carbocycles. The molecule has 0 atom stereocenters. The van der Waals surface area contributed by atoms with Gasteiger partial charge in [-0.3, -0.25) is 14.1 Å². The third-order valence-electron chi connectivity index (χ3n) is 6.77. The number of halogens is 3. The molecule has 1 fully saturated rings. The highest BCUT2D eigenvalue weighted by molar-refractivity contribution is 7.86. The Morgan fingerprint density at radius 3 is 1.97 bits per heavy atom. The van der Waals surface area contributed by atoms with Crippen LogP contribution in [0.4, 0.5) is 30.2 Å². The Morgan fingerprint density at radius 1 is 0.821 bits per heavy atom. The zero-order valence-electron chi connectivity index (χ0n) is 20.3. The summed E-state index contributed by atoms with van der Waals surface area (Å²) >= 11 is 0. The molecule has 0 spiro atoms. The summed E-state index contributed by atoms with van der Waals surface area (Å²) in [7, 11) is -5.03. The lowest BCUT2D eigenvalue weighted by Crippen LogP contribution is -2.27. The van der Waals surface area contributed by atoms with E-state index in [1.165, 1.54) is 12.1 Å². The van der Waals surface area contributed by atoms with Gasteiger partial charge in [0.25, 0.3) is 10.1 Å². The van der Waals surface area contributed by atoms with Crippen LogP contribution in [0, 0.1) is 0 Å². The minimum Gasteiger partial charge on any atom is -0.406 e. The lowest BCUT2D eigenvalue weighted by atomic mass is 9.82. The van der Waals surface area contributed by atoms with Gasteiger partial charge in [0.15, 0.2) is 11.6 Å². The van der Waals surface area contributed by atoms with E-state index in [4.69, 9.17) is 0 Å². The molecule has 0 aliphatic heterocycles. The van der Waals surface area contributed by atoms with Crippen LogP contribution in [0.2, 0.25) is 0 Å². The van der Waals surface area contributed by atoms with Crippen LogP contribution in [-0.4, -0.2) is 36.9 Å². The summed E-state index contributed by atoms with van der Waals surface area (Å²) < 4.78 is 75.7. The molecule has 2 aliphatic carbocycles. The van der Waals surface area contributed by atoms with Gasteiger partial charge in [-0.15, -0.1) is 13.2 Å². The molecule has 8 nitrogen and oxygen atoms in total. The Morgan fingerprint density at radius 2 is 1.38 bits per heavy atom. The molecule has 0 radical (unpaired) electrons. The van der Waals surface area contributed by atoms with Crippen LogP contribution in [0.15, 0.2) is 59.5 Å². The number of nitrogens with one attached hydrogen (secondary N) is 2. The Hall–Kier alpha value is -3.90. The smallest absolute Gasteiger partial charge is 0.406 e. The van der Waals surface area contributed by atoms with Gasteiger partial charge in [0, 0.05) is 28.9 Å². The van der Waals surface area contributed by atoms with Crippen molar-refractivity contribution in [2.45, 2.75) is 49.4 Å². The van der Waals surface area contributed by atoms with E-state index in [0.717, 1.165) is 44.2 Å². The second-order valence-corrected chi connectivity index (χ2v) is 10.8. The molecule has 3 aromatic rings. The number of ketones is 2. The molecular weight excluding hydrogens is 537 g/mol. The lowest BCUT2D eigenvalue weighted by Gasteiger charge is -2.28. The number of alkyl halides is 3. The predicted octanol–water partition coefficient (Wildman–Crippen LogP) is 6.10. The van der Waals surface area contributed by atoms with Gasteiger partial charge in [0.1, 0.15) is 10.6 Å². The lowest BCUT2D eigenvalue weighted by molar-refractivity contribution is -0.274. The molecule has 0 amide bonds. The van der Waals surface area contributed by atoms with E-state index in [9.17, 15) is 35.7 Å². The van der Waals surface area contributed by atoms with E-state index in [1.807, 2.05) is 0 Å². The monoisotopic (exact) mass is 560 g/mol. The van der Waals surface area contributed by atoms with Gasteiger partial charge in [-0.1, -0.05) is 43.5 Å². The van der Waals surface area contributed by atoms with E-state index in [2.05, 4.69) is 15.4 Å². The minimum absolute atomic E-state index is 0.0172. The normalized spacial score (nSPS) is 15.9. The van der Waals surface area contributed by atoms with Crippen LogP contribution in [0.3, 0.4) is 0 Å². The third-order valence-corrected chi connectivity index (χ3v) is 7.67. The molecule has 3 aromatic carbocycles. The van der Waals surface area contributed by atoms with Gasteiger partial charge in [0.05, 0.1) is 22.5 Å². The largest absolute Gasteiger partial charge is 0.573 e. The summed E-state index contributed by atoms with van der Waals surface area (Å²) in [5.41, 5.74) is 0.668. The molecule has 204 valence electrons. The summed E-state index contributed by atoms with van der Waals surface area (Å²) in [5.74, 6) is -1.75. The van der Waals surface area contributed by atoms with Gasteiger partial charge >= 0.3 is 6.36 Å². The summed E-state index contributed by atoms with van der Waals surface area (Å²) in [6, 6.07) is 11.9. The highest BCUT2D eigenvalue weighted by Gasteiger charge is 2.35. The average molecular weight is 561 g/mol. The first kappa shape index (κ1) is 26.7. The number of ether oxygens (including phenoxy) is 1. The molecule has 0 saturated heterocycles. The summed E-state index contributed by atoms with van der Waals surface area (Å²) in [6.07, 6.45) is -0.114. The standard InChI is InChI=1S/C27H23F3N2O6S/c28-27(29,30)38-16-10-11-19(22(14-16)39(35,36)37)32-21-13-12-20(31-15-6-2-1-3-7-15)23-24(21)26(34)18-9-5-4-8-17(18)25(23)33/h4-5,8-15,31-32H,1-3,6-7H2,(H,35,36,37). The van der Waals surface area contributed by atoms with Crippen molar-refractivity contribution in [3.8, 4) is 5.75 Å². The number of benzene rings is 3. The number of anilines is 3. The second kappa shape index (κ2) is 10.0. The first-order chi connectivity index (χ1) is 18.4. The second-order valence-electron chi connectivity index (χ2n) is 9.40. The number of rotatable bonds is 6. The van der Waals surface area contributed by atoms with Crippen LogP contribution in [0.1, 0.15) is 63.9 Å². The van der Waals surface area contributed by atoms with Crippen molar-refractivity contribution >= 4 is 38.7 Å². The predicted molar refractivity (Wildman–Crippen MR) is 136 cm³/mol. The molecular formula is C27H23F3N2O6S. The van der Waals surface area contributed by atoms with Crippen molar-refractivity contribution in [1.29, 1.82) is 0 Å². The Balaban J connectivity index is 1.62. The van der Waals surface area contributed by atoms with Gasteiger partial charge in [0.2, 0.25) is 0 Å². The van der Waals surface area contributed by atoms with Crippen molar-refractivity contribution in [3.63, 3.8) is 0 Å². The topological polar surface area (TPSA) is 122 Å². The molecule has 0 aromatic heterocycles. The molecule has 0 bridgehead atoms. The zero-order chi connectivity index (χ0) is 27.9. The molecule has 0 unspecified atom stereocenters. The Labute approximate surface area is 221 Å². The molecule has 12 heteroatoms. The van der Waals surface area contributed by atoms with Crippen LogP contribution < -0.4 is 15.4 Å². The van der Waals surface area contributed by atoms with Crippen LogP contribution in [-0.2, 0) is 10.1 Å². The van der Waals surface area contributed by atoms with E-state index >= 15 is 0 Å². The maximum absolute atomic E-state index is 13.7. The Bertz CT molecular complexity index is 1580. The first-order valence-corrected chi connectivity index (χ1v) is 13.6. The van der Waals surface area contributed by atoms with Crippen molar-refractivity contribution in [2.75, 3.05) is 10.6 Å². The van der Waals surface area contributed by atoms with Gasteiger partial charge in [-0.05, 0) is 37.1 Å². The number of hydrogen-bond acceptors (Lipinski definition) is 7. The van der Waals surface area contributed by atoms with Crippen LogP contribution in [0.25, 0.3) is 0 Å². The van der Waals surface area contributed by atoms with Gasteiger partial charge in [-0.25, -0.2) is 0 Å². The summed E-state index contributed by atoms with van der Waals surface area (Å²) in [5, 5.41) is 6.12. The minimum atomic E-state index is -5.09. The van der Waals surface area contributed by atoms with Crippen molar-refractivity contribution in [2.24, 2.45) is 0 Å². The maximum atomic E-state index is 13.7. The van der Waals surface area contributed by atoms with E-state index in [-0.39, 0.29) is 39.7 Å². The molecule has 5 rings (SSSR count). The highest BCUT2D eigenvalue weighted by atomic mass is 32.2. The maximum Gasteiger partial charge on any atom is 0.573 e. The van der Waals surface area contributed by atoms with Crippen molar-refractivity contribution in [1.82, 2.24) is 0 Å². The molecule has 39 heavy (non-hydrogen) atoms. The quantitative estimate of drug-likeness (QED) is 0.242. The Kier molecular flexibility index (Phi) is 6.85. The van der Waals surface area contributed by atoms with Gasteiger partial charge < -0.3 is 15.4 Å². The number of hydrogen-bond donors (Lipinski definition) is 3. The van der Waals surface area contributed by atoms with E-state index in [0.29, 0.717) is 11.8 Å². The van der Waals surface area contributed by atoms with Crippen LogP contribution in [0.5, 0.6) is 5.75 Å². The van der Waals surface area contributed by atoms with Crippen molar-refractivity contribution in [3.05, 3.63) is 76.9 Å². The SMILES string of the molecule is O=C1c2ccccc2C(=O)c2c(NC3CCCCC3)ccc(Nc3ccc(OC(F)(F)F)cc3S(=O)(=O)O)c21. The fourth-order valence-electron chi connectivity index (χ4n) is 5.08. The number of fused-ring (bicyclic) bond motifs is 2. The summed E-state index contributed by atoms with van der Waals surface area (Å²) in [6.45, 7) is 0. The zero-order valence-corrected chi connectivity index (χ0v) is 21.2. The molecule has 0 heterocycles. The van der Waals surface area contributed by atoms with E-state index in [1.54, 1.807) is 24.3 Å². The fourth-order valence-corrected chi connectivity index (χ4v) is 5.74. The van der Waals surface area contributed by atoms with Gasteiger partial charge in [-0.2, -0.15) is 8.42 Å². The first-order valence-electron chi connectivity index (χ1n) is 12.2.